The van der Waals surface area contributed by atoms with E-state index in [0.29, 0.717) is 12.8 Å². The molecule has 23 heavy (non-hydrogen) atoms. The quantitative estimate of drug-likeness (QED) is 0.189. The van der Waals surface area contributed by atoms with E-state index in [1.165, 1.54) is 0 Å². The Labute approximate surface area is 147 Å². The molecule has 0 spiro atoms. The molecule has 6 heteroatoms. The van der Waals surface area contributed by atoms with E-state index >= 15 is 0 Å². The molecule has 0 aromatic heterocycles. The zero-order chi connectivity index (χ0) is 17.2. The van der Waals surface area contributed by atoms with Crippen molar-refractivity contribution in [3.8, 4) is 0 Å². The summed E-state index contributed by atoms with van der Waals surface area (Å²) >= 11 is -1.27. The predicted molar refractivity (Wildman–Crippen MR) is 81.5 cm³/mol. The number of hydrogen-bond acceptors (Lipinski definition) is 5. The predicted octanol–water partition coefficient (Wildman–Crippen LogP) is -0.0409. The fourth-order valence-electron chi connectivity index (χ4n) is 1.71. The second-order valence-corrected chi connectivity index (χ2v) is 8.17. The van der Waals surface area contributed by atoms with Crippen LogP contribution in [0.2, 0.25) is 0 Å². The van der Waals surface area contributed by atoms with Gasteiger partial charge in [-0.3, -0.25) is 0 Å². The molecule has 0 heterocycles. The van der Waals surface area contributed by atoms with Crippen molar-refractivity contribution in [1.82, 2.24) is 0 Å². The van der Waals surface area contributed by atoms with Crippen LogP contribution in [0.3, 0.4) is 0 Å². The summed E-state index contributed by atoms with van der Waals surface area (Å²) in [5.41, 5.74) is 1.09. The van der Waals surface area contributed by atoms with Crippen molar-refractivity contribution in [1.29, 1.82) is 0 Å². The van der Waals surface area contributed by atoms with Gasteiger partial charge in [0.05, 0.1) is 0 Å². The molecule has 1 aromatic carbocycles. The normalized spacial score (nSPS) is 12.0. The van der Waals surface area contributed by atoms with Crippen molar-refractivity contribution < 1.29 is 45.1 Å². The van der Waals surface area contributed by atoms with E-state index in [1.54, 1.807) is 20.8 Å². The minimum absolute atomic E-state index is 0.268. The fourth-order valence-corrected chi connectivity index (χ4v) is 3.73. The summed E-state index contributed by atoms with van der Waals surface area (Å²) in [6.07, 6.45) is 1.19. The number of hydrogen-bond donors (Lipinski definition) is 0. The molecule has 0 fully saturated rings. The van der Waals surface area contributed by atoms with E-state index in [2.05, 4.69) is 0 Å². The maximum absolute atomic E-state index is 12.0. The van der Waals surface area contributed by atoms with Crippen molar-refractivity contribution in [2.45, 2.75) is 37.5 Å². The monoisotopic (exact) mass is 433 g/mol. The Morgan fingerprint density at radius 1 is 1.09 bits per heavy atom. The molecule has 0 bridgehead atoms. The summed E-state index contributed by atoms with van der Waals surface area (Å²) in [5, 5.41) is 0. The number of ether oxygens (including phenoxy) is 2. The van der Waals surface area contributed by atoms with Crippen LogP contribution in [0.25, 0.3) is 0 Å². The first-order valence-corrected chi connectivity index (χ1v) is 9.86. The van der Waals surface area contributed by atoms with Crippen molar-refractivity contribution in [3.05, 3.63) is 35.9 Å². The van der Waals surface area contributed by atoms with E-state index in [1.807, 2.05) is 30.3 Å². The van der Waals surface area contributed by atoms with Gasteiger partial charge in [-0.1, -0.05) is 0 Å². The number of rotatable bonds is 8. The van der Waals surface area contributed by atoms with E-state index < -0.39 is 35.1 Å². The number of esters is 2. The first-order valence-electron chi connectivity index (χ1n) is 7.53. The first kappa shape index (κ1) is 19.6. The van der Waals surface area contributed by atoms with Gasteiger partial charge in [-0.2, -0.15) is 0 Å². The van der Waals surface area contributed by atoms with Crippen LogP contribution in [-0.4, -0.2) is 26.4 Å². The van der Waals surface area contributed by atoms with Crippen LogP contribution in [0.5, 0.6) is 0 Å². The van der Waals surface area contributed by atoms with Gasteiger partial charge in [-0.25, -0.2) is 0 Å². The number of halogens is 1. The molecular weight excluding hydrogens is 411 g/mol. The summed E-state index contributed by atoms with van der Waals surface area (Å²) in [6, 6.07) is 9.73. The van der Waals surface area contributed by atoms with E-state index in [-0.39, 0.29) is 18.5 Å². The Morgan fingerprint density at radius 3 is 2.30 bits per heavy atom. The SMILES string of the molecule is CCOC(=O)[C@H](CCc1ccccc1)[I-]C(=O)OC(=O)C(C)C. The van der Waals surface area contributed by atoms with Gasteiger partial charge in [0, 0.05) is 0 Å². The van der Waals surface area contributed by atoms with Crippen molar-refractivity contribution in [2.24, 2.45) is 5.92 Å². The van der Waals surface area contributed by atoms with Crippen molar-refractivity contribution >= 4 is 15.9 Å². The number of carbonyl (C=O) groups is 3. The van der Waals surface area contributed by atoms with Crippen LogP contribution >= 0.6 is 0 Å². The molecule has 0 saturated carbocycles. The Hall–Kier alpha value is -1.44. The second kappa shape index (κ2) is 10.4. The molecule has 0 aliphatic carbocycles. The Kier molecular flexibility index (Phi) is 8.83. The van der Waals surface area contributed by atoms with E-state index in [9.17, 15) is 14.4 Å². The summed E-state index contributed by atoms with van der Waals surface area (Å²) in [5.74, 6) is -1.31. The van der Waals surface area contributed by atoms with Crippen LogP contribution in [0.15, 0.2) is 30.3 Å². The van der Waals surface area contributed by atoms with E-state index in [0.717, 1.165) is 5.56 Å². The number of carbonyl (C=O) groups excluding carboxylic acids is 3. The van der Waals surface area contributed by atoms with Crippen LogP contribution in [-0.2, 0) is 25.5 Å². The summed E-state index contributed by atoms with van der Waals surface area (Å²) in [4.78, 5) is 35.4. The molecule has 0 N–H and O–H groups in total. The number of alkyl halides is 1. The van der Waals surface area contributed by atoms with Gasteiger partial charge in [-0.15, -0.1) is 0 Å². The molecule has 0 unspecified atom stereocenters. The minimum atomic E-state index is -1.27. The summed E-state index contributed by atoms with van der Waals surface area (Å²) in [6.45, 7) is 5.31. The molecule has 0 saturated heterocycles. The molecule has 128 valence electrons. The topological polar surface area (TPSA) is 69.7 Å². The molecule has 1 rings (SSSR count). The Bertz CT molecular complexity index is 527. The van der Waals surface area contributed by atoms with Gasteiger partial charge in [0.1, 0.15) is 0 Å². The molecule has 0 amide bonds. The third-order valence-electron chi connectivity index (χ3n) is 2.94. The Balaban J connectivity index is 2.63. The van der Waals surface area contributed by atoms with Crippen molar-refractivity contribution in [3.63, 3.8) is 0 Å². The average Bonchev–Trinajstić information content (AvgIpc) is 2.52. The molecule has 0 aliphatic rings. The third kappa shape index (κ3) is 7.58. The molecule has 5 nitrogen and oxygen atoms in total. The van der Waals surface area contributed by atoms with Crippen LogP contribution in [0.4, 0.5) is 4.79 Å². The standard InChI is InChI=1S/C17H22IO5/c1-4-22-16(20)14(11-10-13-8-6-5-7-9-13)18-17(21)23-15(19)12(2)3/h5-9,12,14H,4,10-11H2,1-3H3/q-1/t14-/m0/s1. The number of aryl methyl sites for hydroxylation is 1. The third-order valence-corrected chi connectivity index (χ3v) is 5.56. The Morgan fingerprint density at radius 2 is 1.74 bits per heavy atom. The van der Waals surface area contributed by atoms with Crippen LogP contribution in [0.1, 0.15) is 32.8 Å². The fraction of sp³-hybridized carbons (Fsp3) is 0.471. The number of benzene rings is 1. The van der Waals surface area contributed by atoms with Crippen LogP contribution in [0, 0.1) is 5.92 Å². The zero-order valence-electron chi connectivity index (χ0n) is 13.6. The van der Waals surface area contributed by atoms with E-state index in [4.69, 9.17) is 9.47 Å². The van der Waals surface area contributed by atoms with Gasteiger partial charge in [0.25, 0.3) is 0 Å². The van der Waals surface area contributed by atoms with Gasteiger partial charge in [-0.05, 0) is 0 Å². The molecular formula is C17H22IO5-. The van der Waals surface area contributed by atoms with Gasteiger partial charge >= 0.3 is 147 Å². The molecule has 1 aromatic rings. The summed E-state index contributed by atoms with van der Waals surface area (Å²) in [7, 11) is 0. The maximum atomic E-state index is 12.0. The van der Waals surface area contributed by atoms with Crippen LogP contribution < -0.4 is 21.2 Å². The van der Waals surface area contributed by atoms with Gasteiger partial charge < -0.3 is 0 Å². The first-order chi connectivity index (χ1) is 10.9. The molecule has 1 atom stereocenters. The molecule has 0 aliphatic heterocycles. The zero-order valence-corrected chi connectivity index (χ0v) is 15.7. The second-order valence-electron chi connectivity index (χ2n) is 5.17. The average molecular weight is 433 g/mol. The van der Waals surface area contributed by atoms with Gasteiger partial charge in [0.2, 0.25) is 0 Å². The van der Waals surface area contributed by atoms with Gasteiger partial charge in [0.15, 0.2) is 0 Å². The molecule has 0 radical (unpaired) electrons. The summed E-state index contributed by atoms with van der Waals surface area (Å²) < 4.78 is 8.75. The van der Waals surface area contributed by atoms with Crippen molar-refractivity contribution in [2.75, 3.05) is 6.61 Å².